The molecule has 102 valence electrons. The van der Waals surface area contributed by atoms with Crippen LogP contribution in [0, 0.1) is 0 Å². The van der Waals surface area contributed by atoms with Gasteiger partial charge in [-0.25, -0.2) is 0 Å². The van der Waals surface area contributed by atoms with Crippen LogP contribution in [-0.2, 0) is 4.74 Å². The van der Waals surface area contributed by atoms with E-state index in [1.54, 1.807) is 0 Å². The summed E-state index contributed by atoms with van der Waals surface area (Å²) >= 11 is 0. The second-order valence-electron chi connectivity index (χ2n) is 4.18. The maximum atomic E-state index is 9.65. The number of aliphatic hydroxyl groups excluding tert-OH is 1. The van der Waals surface area contributed by atoms with Crippen molar-refractivity contribution >= 4 is 0 Å². The number of nitrogens with two attached hydrogens (primary N) is 1. The highest BCUT2D eigenvalue weighted by Gasteiger charge is 2.11. The lowest BCUT2D eigenvalue weighted by Gasteiger charge is -2.17. The highest BCUT2D eigenvalue weighted by molar-refractivity contribution is 5.35. The molecule has 4 heteroatoms. The fourth-order valence-corrected chi connectivity index (χ4v) is 1.63. The highest BCUT2D eigenvalue weighted by Crippen LogP contribution is 2.25. The highest BCUT2D eigenvalue weighted by atomic mass is 16.5. The van der Waals surface area contributed by atoms with Crippen LogP contribution >= 0.6 is 0 Å². The molecule has 1 rings (SSSR count). The molecule has 0 amide bonds. The Labute approximate surface area is 109 Å². The molecule has 0 aliphatic heterocycles. The average molecular weight is 253 g/mol. The van der Waals surface area contributed by atoms with Crippen LogP contribution in [0.25, 0.3) is 0 Å². The molecule has 0 saturated heterocycles. The van der Waals surface area contributed by atoms with Crippen LogP contribution in [-0.4, -0.2) is 31.0 Å². The third-order valence-corrected chi connectivity index (χ3v) is 2.70. The summed E-state index contributed by atoms with van der Waals surface area (Å²) in [4.78, 5) is 0. The van der Waals surface area contributed by atoms with Crippen LogP contribution in [0.2, 0.25) is 0 Å². The summed E-state index contributed by atoms with van der Waals surface area (Å²) in [6, 6.07) is 7.63. The van der Waals surface area contributed by atoms with Gasteiger partial charge in [0.15, 0.2) is 0 Å². The molecule has 1 aromatic carbocycles. The van der Waals surface area contributed by atoms with E-state index in [0.29, 0.717) is 13.2 Å². The van der Waals surface area contributed by atoms with Crippen molar-refractivity contribution in [3.63, 3.8) is 0 Å². The van der Waals surface area contributed by atoms with Crippen LogP contribution in [0.15, 0.2) is 24.3 Å². The van der Waals surface area contributed by atoms with Crippen molar-refractivity contribution in [3.8, 4) is 5.75 Å². The molecule has 2 atom stereocenters. The SMILES string of the molecule is CCOCC(O)COc1ccccc1[C@@H](N)CC. The largest absolute Gasteiger partial charge is 0.490 e. The van der Waals surface area contributed by atoms with Crippen molar-refractivity contribution in [2.24, 2.45) is 5.73 Å². The van der Waals surface area contributed by atoms with Gasteiger partial charge in [0, 0.05) is 18.2 Å². The Hall–Kier alpha value is -1.10. The van der Waals surface area contributed by atoms with Crippen LogP contribution in [0.3, 0.4) is 0 Å². The minimum absolute atomic E-state index is 0.0368. The summed E-state index contributed by atoms with van der Waals surface area (Å²) < 4.78 is 10.7. The van der Waals surface area contributed by atoms with Crippen molar-refractivity contribution in [3.05, 3.63) is 29.8 Å². The van der Waals surface area contributed by atoms with E-state index >= 15 is 0 Å². The molecule has 0 aliphatic rings. The lowest BCUT2D eigenvalue weighted by molar-refractivity contribution is 0.0162. The third-order valence-electron chi connectivity index (χ3n) is 2.70. The summed E-state index contributed by atoms with van der Waals surface area (Å²) in [6.07, 6.45) is 0.234. The third kappa shape index (κ3) is 4.64. The summed E-state index contributed by atoms with van der Waals surface area (Å²) in [5.74, 6) is 0.738. The molecule has 0 heterocycles. The van der Waals surface area contributed by atoms with Gasteiger partial charge in [-0.3, -0.25) is 0 Å². The van der Waals surface area contributed by atoms with E-state index in [4.69, 9.17) is 15.2 Å². The molecule has 18 heavy (non-hydrogen) atoms. The minimum Gasteiger partial charge on any atom is -0.490 e. The molecule has 0 aliphatic carbocycles. The maximum absolute atomic E-state index is 9.65. The van der Waals surface area contributed by atoms with E-state index in [-0.39, 0.29) is 12.6 Å². The molecule has 0 fully saturated rings. The van der Waals surface area contributed by atoms with E-state index in [0.717, 1.165) is 17.7 Å². The number of hydrogen-bond acceptors (Lipinski definition) is 4. The van der Waals surface area contributed by atoms with Crippen molar-refractivity contribution < 1.29 is 14.6 Å². The van der Waals surface area contributed by atoms with Crippen molar-refractivity contribution in [1.82, 2.24) is 0 Å². The summed E-state index contributed by atoms with van der Waals surface area (Å²) in [5.41, 5.74) is 6.99. The van der Waals surface area contributed by atoms with E-state index in [1.807, 2.05) is 38.1 Å². The first-order chi connectivity index (χ1) is 8.69. The number of ether oxygens (including phenoxy) is 2. The first kappa shape index (κ1) is 15.0. The molecule has 3 N–H and O–H groups in total. The Morgan fingerprint density at radius 3 is 2.61 bits per heavy atom. The van der Waals surface area contributed by atoms with Gasteiger partial charge in [-0.2, -0.15) is 0 Å². The summed E-state index contributed by atoms with van der Waals surface area (Å²) in [5, 5.41) is 9.65. The molecule has 0 spiro atoms. The van der Waals surface area contributed by atoms with Gasteiger partial charge in [0.25, 0.3) is 0 Å². The molecule has 1 aromatic rings. The quantitative estimate of drug-likeness (QED) is 0.742. The second-order valence-corrected chi connectivity index (χ2v) is 4.18. The number of para-hydroxylation sites is 1. The van der Waals surface area contributed by atoms with E-state index in [1.165, 1.54) is 0 Å². The Bertz CT molecular complexity index is 344. The topological polar surface area (TPSA) is 64.7 Å². The smallest absolute Gasteiger partial charge is 0.124 e. The first-order valence-corrected chi connectivity index (χ1v) is 6.42. The monoisotopic (exact) mass is 253 g/mol. The predicted molar refractivity (Wildman–Crippen MR) is 71.7 cm³/mol. The van der Waals surface area contributed by atoms with Crippen LogP contribution in [0.1, 0.15) is 31.9 Å². The second kappa shape index (κ2) is 8.08. The van der Waals surface area contributed by atoms with Gasteiger partial charge in [0.2, 0.25) is 0 Å². The van der Waals surface area contributed by atoms with Gasteiger partial charge in [0.05, 0.1) is 6.61 Å². The maximum Gasteiger partial charge on any atom is 0.124 e. The van der Waals surface area contributed by atoms with Gasteiger partial charge in [0.1, 0.15) is 18.5 Å². The number of rotatable bonds is 8. The fourth-order valence-electron chi connectivity index (χ4n) is 1.63. The van der Waals surface area contributed by atoms with Crippen molar-refractivity contribution in [2.45, 2.75) is 32.4 Å². The molecular weight excluding hydrogens is 230 g/mol. The zero-order valence-corrected chi connectivity index (χ0v) is 11.1. The van der Waals surface area contributed by atoms with Gasteiger partial charge >= 0.3 is 0 Å². The predicted octanol–water partition coefficient (Wildman–Crippen LogP) is 1.87. The Kier molecular flexibility index (Phi) is 6.72. The number of aliphatic hydroxyl groups is 1. The van der Waals surface area contributed by atoms with Gasteiger partial charge in [-0.05, 0) is 19.4 Å². The normalized spacial score (nSPS) is 14.2. The van der Waals surface area contributed by atoms with Crippen molar-refractivity contribution in [1.29, 1.82) is 0 Å². The molecule has 0 bridgehead atoms. The zero-order chi connectivity index (χ0) is 13.4. The zero-order valence-electron chi connectivity index (χ0n) is 11.1. The Morgan fingerprint density at radius 1 is 1.22 bits per heavy atom. The van der Waals surface area contributed by atoms with Crippen LogP contribution in [0.4, 0.5) is 0 Å². The standard InChI is InChI=1S/C14H23NO3/c1-3-13(15)12-7-5-6-8-14(12)18-10-11(16)9-17-4-2/h5-8,11,13,16H,3-4,9-10,15H2,1-2H3/t11?,13-/m0/s1. The van der Waals surface area contributed by atoms with E-state index in [9.17, 15) is 5.11 Å². The Morgan fingerprint density at radius 2 is 1.94 bits per heavy atom. The Balaban J connectivity index is 2.56. The van der Waals surface area contributed by atoms with Crippen LogP contribution < -0.4 is 10.5 Å². The van der Waals surface area contributed by atoms with Gasteiger partial charge in [-0.15, -0.1) is 0 Å². The first-order valence-electron chi connectivity index (χ1n) is 6.42. The molecular formula is C14H23NO3. The lowest BCUT2D eigenvalue weighted by atomic mass is 10.0. The number of hydrogen-bond donors (Lipinski definition) is 2. The summed E-state index contributed by atoms with van der Waals surface area (Å²) in [6.45, 7) is 5.02. The lowest BCUT2D eigenvalue weighted by Crippen LogP contribution is -2.24. The number of benzene rings is 1. The molecule has 0 aromatic heterocycles. The van der Waals surface area contributed by atoms with Crippen LogP contribution in [0.5, 0.6) is 5.75 Å². The molecule has 1 unspecified atom stereocenters. The van der Waals surface area contributed by atoms with E-state index in [2.05, 4.69) is 0 Å². The molecule has 4 nitrogen and oxygen atoms in total. The minimum atomic E-state index is -0.615. The molecule has 0 radical (unpaired) electrons. The fraction of sp³-hybridized carbons (Fsp3) is 0.571. The van der Waals surface area contributed by atoms with Crippen molar-refractivity contribution in [2.75, 3.05) is 19.8 Å². The van der Waals surface area contributed by atoms with Gasteiger partial charge < -0.3 is 20.3 Å². The van der Waals surface area contributed by atoms with Gasteiger partial charge in [-0.1, -0.05) is 25.1 Å². The summed E-state index contributed by atoms with van der Waals surface area (Å²) in [7, 11) is 0. The van der Waals surface area contributed by atoms with E-state index < -0.39 is 6.10 Å². The molecule has 0 saturated carbocycles. The average Bonchev–Trinajstić information content (AvgIpc) is 2.42.